The van der Waals surface area contributed by atoms with Gasteiger partial charge in [0, 0.05) is 0 Å². The van der Waals surface area contributed by atoms with Crippen molar-refractivity contribution in [2.24, 2.45) is 0 Å². The topological polar surface area (TPSA) is 57.5 Å². The molecule has 0 aliphatic heterocycles. The van der Waals surface area contributed by atoms with Crippen LogP contribution in [-0.4, -0.2) is 61.7 Å². The van der Waals surface area contributed by atoms with Gasteiger partial charge < -0.3 is 32.0 Å². The average molecular weight is 249 g/mol. The van der Waals surface area contributed by atoms with E-state index >= 15 is 0 Å². The van der Waals surface area contributed by atoms with Gasteiger partial charge in [0.15, 0.2) is 0 Å². The minimum atomic E-state index is -6.00. The number of hydrogen-bond donors (Lipinski definition) is 2. The Bertz CT molecular complexity index is 211. The van der Waals surface area contributed by atoms with Crippen molar-refractivity contribution < 1.29 is 36.8 Å². The lowest BCUT2D eigenvalue weighted by Crippen LogP contribution is -2.42. The SMILES string of the molecule is C[N+](C)(C)C[C@H](O)CC(=O)O.F[B-](F)(F)F. The number of aliphatic hydroxyl groups is 1. The third kappa shape index (κ3) is 29.2. The van der Waals surface area contributed by atoms with Crippen molar-refractivity contribution >= 4 is 13.2 Å². The van der Waals surface area contributed by atoms with Crippen LogP contribution < -0.4 is 0 Å². The Morgan fingerprint density at radius 2 is 1.56 bits per heavy atom. The Morgan fingerprint density at radius 1 is 1.25 bits per heavy atom. The fourth-order valence-corrected chi connectivity index (χ4v) is 0.898. The van der Waals surface area contributed by atoms with Gasteiger partial charge >= 0.3 is 13.2 Å². The minimum Gasteiger partial charge on any atom is -0.481 e. The molecule has 0 aromatic carbocycles. The third-order valence-electron chi connectivity index (χ3n) is 1.17. The highest BCUT2D eigenvalue weighted by Gasteiger charge is 2.20. The second-order valence-electron chi connectivity index (χ2n) is 4.22. The fourth-order valence-electron chi connectivity index (χ4n) is 0.898. The van der Waals surface area contributed by atoms with Crippen molar-refractivity contribution in [3.8, 4) is 0 Å². The quantitative estimate of drug-likeness (QED) is 0.440. The zero-order valence-corrected chi connectivity index (χ0v) is 9.33. The van der Waals surface area contributed by atoms with E-state index in [4.69, 9.17) is 10.2 Å². The zero-order valence-electron chi connectivity index (χ0n) is 9.33. The summed E-state index contributed by atoms with van der Waals surface area (Å²) < 4.78 is 39.6. The van der Waals surface area contributed by atoms with E-state index in [1.165, 1.54) is 0 Å². The molecule has 4 nitrogen and oxygen atoms in total. The molecule has 0 saturated carbocycles. The van der Waals surface area contributed by atoms with E-state index in [9.17, 15) is 22.1 Å². The van der Waals surface area contributed by atoms with Crippen LogP contribution in [0.1, 0.15) is 6.42 Å². The van der Waals surface area contributed by atoms with E-state index in [0.717, 1.165) is 0 Å². The van der Waals surface area contributed by atoms with Crippen LogP contribution in [0.5, 0.6) is 0 Å². The summed E-state index contributed by atoms with van der Waals surface area (Å²) in [5.74, 6) is -0.953. The number of aliphatic carboxylic acids is 1. The summed E-state index contributed by atoms with van der Waals surface area (Å²) >= 11 is 0. The predicted octanol–water partition coefficient (Wildman–Crippen LogP) is 0.828. The molecule has 9 heteroatoms. The van der Waals surface area contributed by atoms with Gasteiger partial charge in [-0.2, -0.15) is 0 Å². The fraction of sp³-hybridized carbons (Fsp3) is 0.857. The Kier molecular flexibility index (Phi) is 7.35. The van der Waals surface area contributed by atoms with Gasteiger partial charge in [-0.05, 0) is 0 Å². The summed E-state index contributed by atoms with van der Waals surface area (Å²) in [7, 11) is -0.277. The first-order chi connectivity index (χ1) is 6.81. The number of quaternary nitrogens is 1. The minimum absolute atomic E-state index is 0.171. The van der Waals surface area contributed by atoms with E-state index in [2.05, 4.69) is 0 Å². The molecule has 2 N–H and O–H groups in total. The van der Waals surface area contributed by atoms with Crippen LogP contribution in [0.15, 0.2) is 0 Å². The van der Waals surface area contributed by atoms with Crippen molar-refractivity contribution in [1.29, 1.82) is 0 Å². The number of carboxylic acid groups (broad SMARTS) is 1. The van der Waals surface area contributed by atoms with Gasteiger partial charge in [-0.15, -0.1) is 0 Å². The maximum absolute atomic E-state index is 10.1. The number of rotatable bonds is 4. The monoisotopic (exact) mass is 249 g/mol. The molecule has 0 saturated heterocycles. The highest BCUT2D eigenvalue weighted by molar-refractivity contribution is 6.50. The maximum atomic E-state index is 10.1. The molecule has 0 unspecified atom stereocenters. The van der Waals surface area contributed by atoms with Gasteiger partial charge in [0.2, 0.25) is 0 Å². The number of halogens is 4. The molecule has 0 aliphatic carbocycles. The first kappa shape index (κ1) is 17.6. The van der Waals surface area contributed by atoms with E-state index < -0.39 is 19.3 Å². The van der Waals surface area contributed by atoms with Crippen LogP contribution in [0, 0.1) is 0 Å². The molecular formula is C7H16BF4NO3. The molecule has 0 aromatic rings. The molecule has 0 spiro atoms. The Labute approximate surface area is 91.2 Å². The molecule has 98 valence electrons. The third-order valence-corrected chi connectivity index (χ3v) is 1.17. The molecule has 0 aromatic heterocycles. The Morgan fingerprint density at radius 3 is 1.75 bits per heavy atom. The Balaban J connectivity index is 0. The lowest BCUT2D eigenvalue weighted by Gasteiger charge is -2.25. The van der Waals surface area contributed by atoms with Crippen LogP contribution in [0.25, 0.3) is 0 Å². The predicted molar refractivity (Wildman–Crippen MR) is 51.3 cm³/mol. The lowest BCUT2D eigenvalue weighted by atomic mass is 10.2. The highest BCUT2D eigenvalue weighted by atomic mass is 19.5. The first-order valence-corrected chi connectivity index (χ1v) is 4.39. The summed E-state index contributed by atoms with van der Waals surface area (Å²) in [5, 5.41) is 17.5. The van der Waals surface area contributed by atoms with Crippen LogP contribution in [0.2, 0.25) is 0 Å². The van der Waals surface area contributed by atoms with Gasteiger partial charge in [-0.1, -0.05) is 0 Å². The van der Waals surface area contributed by atoms with E-state index in [1.54, 1.807) is 0 Å². The molecule has 0 aliphatic rings. The first-order valence-electron chi connectivity index (χ1n) is 4.39. The van der Waals surface area contributed by atoms with E-state index in [-0.39, 0.29) is 6.42 Å². The van der Waals surface area contributed by atoms with Crippen molar-refractivity contribution in [1.82, 2.24) is 0 Å². The largest absolute Gasteiger partial charge is 0.673 e. The van der Waals surface area contributed by atoms with Gasteiger partial charge in [-0.3, -0.25) is 4.79 Å². The molecule has 0 amide bonds. The molecule has 0 bridgehead atoms. The molecule has 1 atom stereocenters. The maximum Gasteiger partial charge on any atom is 0.673 e. The average Bonchev–Trinajstić information content (AvgIpc) is 1.72. The molecule has 0 rings (SSSR count). The smallest absolute Gasteiger partial charge is 0.481 e. The van der Waals surface area contributed by atoms with Crippen molar-refractivity contribution in [3.05, 3.63) is 0 Å². The van der Waals surface area contributed by atoms with E-state index in [1.807, 2.05) is 21.1 Å². The number of likely N-dealkylation sites (N-methyl/N-ethyl adjacent to an activating group) is 1. The molecule has 0 heterocycles. The van der Waals surface area contributed by atoms with Crippen LogP contribution in [-0.2, 0) is 4.79 Å². The van der Waals surface area contributed by atoms with Crippen molar-refractivity contribution in [2.75, 3.05) is 27.7 Å². The highest BCUT2D eigenvalue weighted by Crippen LogP contribution is 2.06. The van der Waals surface area contributed by atoms with Gasteiger partial charge in [-0.25, -0.2) is 0 Å². The molecule has 16 heavy (non-hydrogen) atoms. The number of carboxylic acids is 1. The van der Waals surface area contributed by atoms with Crippen molar-refractivity contribution in [3.63, 3.8) is 0 Å². The molecule has 0 fully saturated rings. The summed E-state index contributed by atoms with van der Waals surface area (Å²) in [6.45, 7) is 0.465. The zero-order chi connectivity index (χ0) is 13.6. The van der Waals surface area contributed by atoms with Gasteiger partial charge in [0.1, 0.15) is 12.6 Å². The molecule has 0 radical (unpaired) electrons. The van der Waals surface area contributed by atoms with Crippen LogP contribution in [0.3, 0.4) is 0 Å². The number of nitrogens with zero attached hydrogens (tertiary/aromatic N) is 1. The van der Waals surface area contributed by atoms with E-state index in [0.29, 0.717) is 11.0 Å². The standard InChI is InChI=1S/C7H15NO3.BF4/c1-8(2,3)5-6(9)4-7(10)11;2-1(3,4)5/h6,9H,4-5H2,1-3H3;/q;-1/p+1/t6-;/m1./s1. The summed E-state index contributed by atoms with van der Waals surface area (Å²) in [5.41, 5.74) is 0. The summed E-state index contributed by atoms with van der Waals surface area (Å²) in [6, 6.07) is 0. The molecular weight excluding hydrogens is 233 g/mol. The van der Waals surface area contributed by atoms with Crippen molar-refractivity contribution in [2.45, 2.75) is 12.5 Å². The normalized spacial score (nSPS) is 13.8. The summed E-state index contributed by atoms with van der Waals surface area (Å²) in [4.78, 5) is 10.1. The number of aliphatic hydroxyl groups excluding tert-OH is 1. The van der Waals surface area contributed by atoms with Gasteiger partial charge in [0.25, 0.3) is 0 Å². The van der Waals surface area contributed by atoms with Gasteiger partial charge in [0.05, 0.1) is 27.6 Å². The Hall–Kier alpha value is -0.825. The summed E-state index contributed by atoms with van der Waals surface area (Å²) in [6.07, 6.45) is -0.914. The second-order valence-corrected chi connectivity index (χ2v) is 4.22. The number of carbonyl (C=O) groups is 1. The van der Waals surface area contributed by atoms with Crippen LogP contribution in [0.4, 0.5) is 17.3 Å². The van der Waals surface area contributed by atoms with Crippen LogP contribution >= 0.6 is 0 Å². The lowest BCUT2D eigenvalue weighted by molar-refractivity contribution is -0.873. The number of hydrogen-bond acceptors (Lipinski definition) is 2. The second kappa shape index (κ2) is 6.69.